The van der Waals surface area contributed by atoms with Crippen LogP contribution >= 0.6 is 0 Å². The number of hydrogen-bond acceptors (Lipinski definition) is 4. The van der Waals surface area contributed by atoms with Crippen LogP contribution in [0.1, 0.15) is 22.5 Å². The predicted molar refractivity (Wildman–Crippen MR) is 50.6 cm³/mol. The zero-order chi connectivity index (χ0) is 12.6. The van der Waals surface area contributed by atoms with Gasteiger partial charge in [0.05, 0.1) is 0 Å². The van der Waals surface area contributed by atoms with E-state index in [1.165, 1.54) is 17.0 Å². The van der Waals surface area contributed by atoms with E-state index in [1.807, 2.05) is 0 Å². The number of rotatable bonds is 3. The maximum absolute atomic E-state index is 12.5. The van der Waals surface area contributed by atoms with Crippen molar-refractivity contribution in [3.05, 3.63) is 23.7 Å². The molecule has 0 atom stereocenters. The minimum Gasteiger partial charge on any atom is -0.477 e. The third-order valence-electron chi connectivity index (χ3n) is 2.16. The molecule has 2 heterocycles. The van der Waals surface area contributed by atoms with E-state index < -0.39 is 23.7 Å². The second-order valence-electron chi connectivity index (χ2n) is 3.24. The van der Waals surface area contributed by atoms with Gasteiger partial charge < -0.3 is 14.2 Å². The summed E-state index contributed by atoms with van der Waals surface area (Å²) in [6.45, 7) is 0. The van der Waals surface area contributed by atoms with E-state index in [0.717, 1.165) is 0 Å². The van der Waals surface area contributed by atoms with Crippen molar-refractivity contribution in [3.63, 3.8) is 0 Å². The number of imidazole rings is 1. The van der Waals surface area contributed by atoms with Crippen molar-refractivity contribution >= 4 is 5.97 Å². The van der Waals surface area contributed by atoms with Crippen LogP contribution in [0.25, 0.3) is 11.5 Å². The Morgan fingerprint density at radius 3 is 2.76 bits per heavy atom. The summed E-state index contributed by atoms with van der Waals surface area (Å²) in [5, 5.41) is 12.2. The van der Waals surface area contributed by atoms with Crippen molar-refractivity contribution in [1.82, 2.24) is 14.7 Å². The summed E-state index contributed by atoms with van der Waals surface area (Å²) in [6, 6.07) is 0. The first-order chi connectivity index (χ1) is 8.02. The topological polar surface area (TPSA) is 81.2 Å². The molecule has 0 aliphatic carbocycles. The Hall–Kier alpha value is -2.25. The number of carboxylic acid groups (broad SMARTS) is 1. The molecule has 2 aromatic rings. The number of carbonyl (C=O) groups is 1. The number of nitrogens with zero attached hydrogens (tertiary/aromatic N) is 3. The molecule has 0 fully saturated rings. The molecular weight excluding hydrogens is 236 g/mol. The van der Waals surface area contributed by atoms with Crippen LogP contribution in [-0.4, -0.2) is 25.8 Å². The lowest BCUT2D eigenvalue weighted by Crippen LogP contribution is -2.04. The fourth-order valence-corrected chi connectivity index (χ4v) is 1.40. The molecule has 17 heavy (non-hydrogen) atoms. The van der Waals surface area contributed by atoms with Gasteiger partial charge in [0.2, 0.25) is 5.76 Å². The normalized spacial score (nSPS) is 11.1. The first kappa shape index (κ1) is 11.2. The quantitative estimate of drug-likeness (QED) is 0.887. The van der Waals surface area contributed by atoms with E-state index in [0.29, 0.717) is 0 Å². The van der Waals surface area contributed by atoms with E-state index in [-0.39, 0.29) is 11.5 Å². The summed E-state index contributed by atoms with van der Waals surface area (Å²) < 4.78 is 30.9. The van der Waals surface area contributed by atoms with Gasteiger partial charge in [0.15, 0.2) is 11.5 Å². The molecule has 90 valence electrons. The van der Waals surface area contributed by atoms with Gasteiger partial charge in [-0.2, -0.15) is 0 Å². The number of aryl methyl sites for hydroxylation is 1. The van der Waals surface area contributed by atoms with Gasteiger partial charge in [0, 0.05) is 19.4 Å². The average Bonchev–Trinajstić information content (AvgIpc) is 2.82. The predicted octanol–water partition coefficient (Wildman–Crippen LogP) is 1.71. The molecule has 0 spiro atoms. The molecule has 0 saturated carbocycles. The van der Waals surface area contributed by atoms with Crippen LogP contribution in [0.15, 0.2) is 16.9 Å². The standard InChI is InChI=1S/C9H7F2N3O3/c1-14-3-2-12-8(14)5-4(9(15)16)6(7(10)11)17-13-5/h2-3,7H,1H3,(H,15,16). The van der Waals surface area contributed by atoms with Gasteiger partial charge in [-0.15, -0.1) is 0 Å². The van der Waals surface area contributed by atoms with Gasteiger partial charge in [-0.05, 0) is 0 Å². The summed E-state index contributed by atoms with van der Waals surface area (Å²) in [5.41, 5.74) is -0.866. The Bertz CT molecular complexity index is 562. The molecule has 0 aliphatic heterocycles. The molecule has 0 aliphatic rings. The zero-order valence-corrected chi connectivity index (χ0v) is 8.59. The molecule has 0 bridgehead atoms. The number of halogens is 2. The monoisotopic (exact) mass is 243 g/mol. The highest BCUT2D eigenvalue weighted by Gasteiger charge is 2.30. The van der Waals surface area contributed by atoms with Crippen molar-refractivity contribution < 1.29 is 23.2 Å². The Balaban J connectivity index is 2.64. The summed E-state index contributed by atoms with van der Waals surface area (Å²) in [7, 11) is 1.59. The molecule has 2 rings (SSSR count). The number of aromatic carboxylic acids is 1. The van der Waals surface area contributed by atoms with Gasteiger partial charge in [-0.25, -0.2) is 18.6 Å². The van der Waals surface area contributed by atoms with Gasteiger partial charge in [-0.3, -0.25) is 0 Å². The van der Waals surface area contributed by atoms with Gasteiger partial charge >= 0.3 is 5.97 Å². The summed E-state index contributed by atoms with van der Waals surface area (Å²) in [6.07, 6.45) is -0.0994. The molecule has 0 saturated heterocycles. The van der Waals surface area contributed by atoms with E-state index >= 15 is 0 Å². The summed E-state index contributed by atoms with van der Waals surface area (Å²) >= 11 is 0. The number of hydrogen-bond donors (Lipinski definition) is 1. The van der Waals surface area contributed by atoms with Gasteiger partial charge in [0.1, 0.15) is 5.56 Å². The van der Waals surface area contributed by atoms with Crippen LogP contribution in [0.3, 0.4) is 0 Å². The Labute approximate surface area is 93.5 Å². The smallest absolute Gasteiger partial charge is 0.341 e. The molecule has 0 amide bonds. The second-order valence-corrected chi connectivity index (χ2v) is 3.24. The maximum atomic E-state index is 12.5. The molecule has 2 aromatic heterocycles. The average molecular weight is 243 g/mol. The Kier molecular flexibility index (Phi) is 2.62. The zero-order valence-electron chi connectivity index (χ0n) is 8.59. The van der Waals surface area contributed by atoms with Crippen molar-refractivity contribution in [1.29, 1.82) is 0 Å². The molecular formula is C9H7F2N3O3. The lowest BCUT2D eigenvalue weighted by Gasteiger charge is -1.99. The number of carboxylic acids is 1. The van der Waals surface area contributed by atoms with Gasteiger partial charge in [0.25, 0.3) is 6.43 Å². The molecule has 8 heteroatoms. The summed E-state index contributed by atoms with van der Waals surface area (Å²) in [5.74, 6) is -2.34. The highest BCUT2D eigenvalue weighted by Crippen LogP contribution is 2.30. The molecule has 0 radical (unpaired) electrons. The third-order valence-corrected chi connectivity index (χ3v) is 2.16. The van der Waals surface area contributed by atoms with E-state index in [1.54, 1.807) is 7.05 Å². The van der Waals surface area contributed by atoms with Crippen LogP contribution in [0.2, 0.25) is 0 Å². The van der Waals surface area contributed by atoms with Crippen molar-refractivity contribution in [2.75, 3.05) is 0 Å². The lowest BCUT2D eigenvalue weighted by atomic mass is 10.2. The van der Waals surface area contributed by atoms with E-state index in [9.17, 15) is 13.6 Å². The lowest BCUT2D eigenvalue weighted by molar-refractivity contribution is 0.0670. The number of alkyl halides is 2. The first-order valence-corrected chi connectivity index (χ1v) is 4.51. The van der Waals surface area contributed by atoms with Crippen LogP contribution in [0, 0.1) is 0 Å². The van der Waals surface area contributed by atoms with Crippen molar-refractivity contribution in [2.45, 2.75) is 6.43 Å². The minimum atomic E-state index is -3.04. The van der Waals surface area contributed by atoms with Gasteiger partial charge in [-0.1, -0.05) is 5.16 Å². The molecule has 1 N–H and O–H groups in total. The SMILES string of the molecule is Cn1ccnc1-c1noc(C(F)F)c1C(=O)O. The van der Waals surface area contributed by atoms with Crippen molar-refractivity contribution in [3.8, 4) is 11.5 Å². The highest BCUT2D eigenvalue weighted by molar-refractivity contribution is 5.95. The van der Waals surface area contributed by atoms with Crippen LogP contribution < -0.4 is 0 Å². The molecule has 0 aromatic carbocycles. The minimum absolute atomic E-state index is 0.151. The molecule has 6 nitrogen and oxygen atoms in total. The van der Waals surface area contributed by atoms with Crippen molar-refractivity contribution in [2.24, 2.45) is 7.05 Å². The maximum Gasteiger partial charge on any atom is 0.341 e. The Morgan fingerprint density at radius 1 is 1.59 bits per heavy atom. The van der Waals surface area contributed by atoms with E-state index in [4.69, 9.17) is 5.11 Å². The van der Waals surface area contributed by atoms with Crippen LogP contribution in [0.4, 0.5) is 8.78 Å². The van der Waals surface area contributed by atoms with Crippen LogP contribution in [0.5, 0.6) is 0 Å². The van der Waals surface area contributed by atoms with Crippen LogP contribution in [-0.2, 0) is 7.05 Å². The molecule has 0 unspecified atom stereocenters. The fraction of sp³-hybridized carbons (Fsp3) is 0.222. The summed E-state index contributed by atoms with van der Waals surface area (Å²) in [4.78, 5) is 14.8. The second kappa shape index (κ2) is 3.96. The first-order valence-electron chi connectivity index (χ1n) is 4.51. The Morgan fingerprint density at radius 2 is 2.29 bits per heavy atom. The fourth-order valence-electron chi connectivity index (χ4n) is 1.40. The van der Waals surface area contributed by atoms with E-state index in [2.05, 4.69) is 14.7 Å². The largest absolute Gasteiger partial charge is 0.477 e. The number of aromatic nitrogens is 3. The third kappa shape index (κ3) is 1.77. The highest BCUT2D eigenvalue weighted by atomic mass is 19.3.